The fourth-order valence-corrected chi connectivity index (χ4v) is 2.61. The van der Waals surface area contributed by atoms with Crippen LogP contribution in [0.2, 0.25) is 5.02 Å². The number of ether oxygens (including phenoxy) is 1. The molecule has 0 spiro atoms. The number of aromatic nitrogens is 3. The second-order valence-electron chi connectivity index (χ2n) is 4.95. The molecule has 0 fully saturated rings. The third-order valence-electron chi connectivity index (χ3n) is 3.50. The van der Waals surface area contributed by atoms with Gasteiger partial charge in [0.2, 0.25) is 0 Å². The van der Waals surface area contributed by atoms with Crippen LogP contribution in [0.25, 0.3) is 16.8 Å². The highest BCUT2D eigenvalue weighted by molar-refractivity contribution is 6.31. The summed E-state index contributed by atoms with van der Waals surface area (Å²) in [5.41, 5.74) is 5.45. The van der Waals surface area contributed by atoms with Gasteiger partial charge in [-0.3, -0.25) is 0 Å². The van der Waals surface area contributed by atoms with Gasteiger partial charge in [-0.15, -0.1) is 0 Å². The van der Waals surface area contributed by atoms with Gasteiger partial charge in [0, 0.05) is 7.11 Å². The molecule has 3 aromatic rings. The van der Waals surface area contributed by atoms with Crippen LogP contribution in [0.4, 0.5) is 0 Å². The number of aryl methyl sites for hydroxylation is 2. The summed E-state index contributed by atoms with van der Waals surface area (Å²) in [6.07, 6.45) is 0. The normalized spacial score (nSPS) is 11.2. The molecule has 0 aliphatic heterocycles. The maximum Gasteiger partial charge on any atom is 0.163 e. The molecule has 4 nitrogen and oxygen atoms in total. The van der Waals surface area contributed by atoms with E-state index in [1.807, 2.05) is 32.0 Å². The Kier molecular flexibility index (Phi) is 3.66. The first-order valence-electron chi connectivity index (χ1n) is 6.72. The maximum absolute atomic E-state index is 6.29. The zero-order chi connectivity index (χ0) is 15.0. The zero-order valence-electron chi connectivity index (χ0n) is 12.2. The molecule has 0 saturated carbocycles. The quantitative estimate of drug-likeness (QED) is 0.738. The third kappa shape index (κ3) is 2.30. The molecule has 0 bridgehead atoms. The first-order chi connectivity index (χ1) is 10.1. The second kappa shape index (κ2) is 5.47. The van der Waals surface area contributed by atoms with E-state index in [1.54, 1.807) is 11.6 Å². The van der Waals surface area contributed by atoms with E-state index in [-0.39, 0.29) is 0 Å². The van der Waals surface area contributed by atoms with Crippen molar-refractivity contribution in [3.63, 3.8) is 0 Å². The number of benzene rings is 1. The number of halogens is 1. The third-order valence-corrected chi connectivity index (χ3v) is 4.05. The number of methoxy groups -OCH3 is 1. The lowest BCUT2D eigenvalue weighted by Crippen LogP contribution is -2.00. The van der Waals surface area contributed by atoms with Crippen molar-refractivity contribution >= 4 is 17.2 Å². The Morgan fingerprint density at radius 3 is 2.57 bits per heavy atom. The number of hydrogen-bond donors (Lipinski definition) is 0. The van der Waals surface area contributed by atoms with Gasteiger partial charge in [-0.1, -0.05) is 41.9 Å². The van der Waals surface area contributed by atoms with Crippen LogP contribution in [0.15, 0.2) is 30.3 Å². The predicted octanol–water partition coefficient (Wildman–Crippen LogP) is 3.81. The maximum atomic E-state index is 6.29. The fraction of sp³-hybridized carbons (Fsp3) is 0.250. The molecule has 0 atom stereocenters. The Morgan fingerprint density at radius 1 is 1.19 bits per heavy atom. The van der Waals surface area contributed by atoms with Crippen molar-refractivity contribution in [3.8, 4) is 11.1 Å². The molecule has 2 heterocycles. The molecule has 0 amide bonds. The topological polar surface area (TPSA) is 39.4 Å². The second-order valence-corrected chi connectivity index (χ2v) is 5.33. The van der Waals surface area contributed by atoms with E-state index in [9.17, 15) is 0 Å². The van der Waals surface area contributed by atoms with Crippen molar-refractivity contribution in [3.05, 3.63) is 52.4 Å². The molecule has 0 aliphatic rings. The van der Waals surface area contributed by atoms with Crippen molar-refractivity contribution in [2.45, 2.75) is 20.5 Å². The number of rotatable bonds is 3. The fourth-order valence-electron chi connectivity index (χ4n) is 2.49. The van der Waals surface area contributed by atoms with E-state index in [0.29, 0.717) is 11.6 Å². The van der Waals surface area contributed by atoms with Crippen LogP contribution in [0, 0.1) is 13.8 Å². The van der Waals surface area contributed by atoms with Crippen LogP contribution in [0.1, 0.15) is 17.1 Å². The first-order valence-corrected chi connectivity index (χ1v) is 7.10. The van der Waals surface area contributed by atoms with Crippen LogP contribution >= 0.6 is 11.6 Å². The summed E-state index contributed by atoms with van der Waals surface area (Å²) in [6.45, 7) is 4.29. The summed E-state index contributed by atoms with van der Waals surface area (Å²) in [6, 6.07) is 10.1. The molecule has 1 aromatic carbocycles. The minimum Gasteiger partial charge on any atom is -0.378 e. The molecule has 0 unspecified atom stereocenters. The number of hydrogen-bond acceptors (Lipinski definition) is 3. The van der Waals surface area contributed by atoms with Crippen LogP contribution in [-0.4, -0.2) is 21.7 Å². The van der Waals surface area contributed by atoms with Gasteiger partial charge < -0.3 is 4.74 Å². The molecule has 0 N–H and O–H groups in total. The average molecular weight is 302 g/mol. The molecule has 108 valence electrons. The Balaban J connectivity index is 2.38. The lowest BCUT2D eigenvalue weighted by molar-refractivity contribution is 0.181. The molecule has 0 aliphatic carbocycles. The van der Waals surface area contributed by atoms with Gasteiger partial charge in [0.1, 0.15) is 0 Å². The van der Waals surface area contributed by atoms with Gasteiger partial charge in [-0.05, 0) is 19.4 Å². The molecule has 5 heteroatoms. The molecule has 2 aromatic heterocycles. The van der Waals surface area contributed by atoms with Crippen LogP contribution < -0.4 is 0 Å². The van der Waals surface area contributed by atoms with E-state index in [0.717, 1.165) is 33.9 Å². The van der Waals surface area contributed by atoms with Crippen molar-refractivity contribution in [1.29, 1.82) is 0 Å². The highest BCUT2D eigenvalue weighted by Crippen LogP contribution is 2.30. The minimum atomic E-state index is 0.434. The van der Waals surface area contributed by atoms with Crippen LogP contribution in [0.3, 0.4) is 0 Å². The molecule has 0 saturated heterocycles. The standard InChI is InChI=1S/C16H16ClN3O/c1-10-15(17)11(2)20-16(18-10)14(13(19-20)9-21-3)12-7-5-4-6-8-12/h4-8H,9H2,1-3H3. The Hall–Kier alpha value is -1.91. The Morgan fingerprint density at radius 2 is 1.90 bits per heavy atom. The summed E-state index contributed by atoms with van der Waals surface area (Å²) in [4.78, 5) is 4.63. The van der Waals surface area contributed by atoms with E-state index in [4.69, 9.17) is 16.3 Å². The first kappa shape index (κ1) is 14.0. The number of nitrogens with zero attached hydrogens (tertiary/aromatic N) is 3. The van der Waals surface area contributed by atoms with Gasteiger partial charge in [-0.2, -0.15) is 5.10 Å². The van der Waals surface area contributed by atoms with Gasteiger partial charge in [0.15, 0.2) is 5.65 Å². The Bertz CT molecular complexity index is 796. The van der Waals surface area contributed by atoms with Gasteiger partial charge in [0.25, 0.3) is 0 Å². The monoisotopic (exact) mass is 301 g/mol. The van der Waals surface area contributed by atoms with Crippen LogP contribution in [0.5, 0.6) is 0 Å². The van der Waals surface area contributed by atoms with Crippen molar-refractivity contribution in [1.82, 2.24) is 14.6 Å². The summed E-state index contributed by atoms with van der Waals surface area (Å²) < 4.78 is 7.08. The summed E-state index contributed by atoms with van der Waals surface area (Å²) in [7, 11) is 1.66. The van der Waals surface area contributed by atoms with E-state index in [1.165, 1.54) is 0 Å². The number of fused-ring (bicyclic) bond motifs is 1. The highest BCUT2D eigenvalue weighted by Gasteiger charge is 2.19. The zero-order valence-corrected chi connectivity index (χ0v) is 13.0. The van der Waals surface area contributed by atoms with E-state index in [2.05, 4.69) is 22.2 Å². The van der Waals surface area contributed by atoms with Crippen molar-refractivity contribution in [2.75, 3.05) is 7.11 Å². The molecular weight excluding hydrogens is 286 g/mol. The van der Waals surface area contributed by atoms with E-state index >= 15 is 0 Å². The van der Waals surface area contributed by atoms with Crippen LogP contribution in [-0.2, 0) is 11.3 Å². The summed E-state index contributed by atoms with van der Waals surface area (Å²) in [5, 5.41) is 5.27. The lowest BCUT2D eigenvalue weighted by Gasteiger charge is -2.06. The lowest BCUT2D eigenvalue weighted by atomic mass is 10.1. The highest BCUT2D eigenvalue weighted by atomic mass is 35.5. The van der Waals surface area contributed by atoms with Crippen molar-refractivity contribution < 1.29 is 4.74 Å². The average Bonchev–Trinajstić information content (AvgIpc) is 2.84. The smallest absolute Gasteiger partial charge is 0.163 e. The minimum absolute atomic E-state index is 0.434. The van der Waals surface area contributed by atoms with Gasteiger partial charge >= 0.3 is 0 Å². The molecule has 0 radical (unpaired) electrons. The summed E-state index contributed by atoms with van der Waals surface area (Å²) in [5.74, 6) is 0. The predicted molar refractivity (Wildman–Crippen MR) is 83.6 cm³/mol. The molecule has 3 rings (SSSR count). The molecular formula is C16H16ClN3O. The molecule has 21 heavy (non-hydrogen) atoms. The van der Waals surface area contributed by atoms with Gasteiger partial charge in [0.05, 0.1) is 34.3 Å². The van der Waals surface area contributed by atoms with E-state index < -0.39 is 0 Å². The SMILES string of the molecule is COCc1nn2c(C)c(Cl)c(C)nc2c1-c1ccccc1. The largest absolute Gasteiger partial charge is 0.378 e. The van der Waals surface area contributed by atoms with Crippen molar-refractivity contribution in [2.24, 2.45) is 0 Å². The summed E-state index contributed by atoms with van der Waals surface area (Å²) >= 11 is 6.29. The van der Waals surface area contributed by atoms with Gasteiger partial charge in [-0.25, -0.2) is 9.50 Å². The Labute approximate surface area is 128 Å².